The molecule has 5 heteroatoms. The van der Waals surface area contributed by atoms with Crippen molar-refractivity contribution in [3.63, 3.8) is 0 Å². The van der Waals surface area contributed by atoms with Crippen molar-refractivity contribution in [2.75, 3.05) is 30.3 Å². The maximum atomic E-state index is 9.02. The topological polar surface area (TPSA) is 70.1 Å². The lowest BCUT2D eigenvalue weighted by Crippen LogP contribution is -2.11. The fourth-order valence-electron chi connectivity index (χ4n) is 2.02. The van der Waals surface area contributed by atoms with E-state index in [0.29, 0.717) is 5.92 Å². The third kappa shape index (κ3) is 7.27. The maximum absolute atomic E-state index is 9.02. The Bertz CT molecular complexity index is 398. The maximum Gasteiger partial charge on any atom is 0.133 e. The van der Waals surface area contributed by atoms with E-state index in [2.05, 4.69) is 41.4 Å². The zero-order valence-electron chi connectivity index (χ0n) is 13.7. The van der Waals surface area contributed by atoms with Gasteiger partial charge in [-0.2, -0.15) is 0 Å². The minimum absolute atomic E-state index is 0.263. The molecular formula is C16H30N4O. The Labute approximate surface area is 128 Å². The summed E-state index contributed by atoms with van der Waals surface area (Å²) in [4.78, 5) is 9.09. The molecule has 1 heterocycles. The molecule has 0 radical (unpaired) electrons. The first-order valence-corrected chi connectivity index (χ1v) is 8.16. The highest BCUT2D eigenvalue weighted by molar-refractivity contribution is 5.47. The molecule has 0 bridgehead atoms. The Kier molecular flexibility index (Phi) is 8.74. The first-order valence-electron chi connectivity index (χ1n) is 8.16. The van der Waals surface area contributed by atoms with Crippen molar-refractivity contribution in [2.45, 2.75) is 52.9 Å². The molecule has 0 aliphatic carbocycles. The van der Waals surface area contributed by atoms with Gasteiger partial charge in [-0.1, -0.05) is 20.8 Å². The summed E-state index contributed by atoms with van der Waals surface area (Å²) in [5.41, 5.74) is 0. The Hall–Kier alpha value is -1.36. The summed E-state index contributed by atoms with van der Waals surface area (Å²) in [5.74, 6) is 3.06. The molecule has 120 valence electrons. The second kappa shape index (κ2) is 10.4. The van der Waals surface area contributed by atoms with Crippen LogP contribution in [-0.4, -0.2) is 34.8 Å². The summed E-state index contributed by atoms with van der Waals surface area (Å²) >= 11 is 0. The van der Waals surface area contributed by atoms with Crippen molar-refractivity contribution >= 4 is 11.6 Å². The standard InChI is InChI=1S/C16H30N4O/c1-4-7-14-19-15(17-9-5-2)11-16(20-14)18-10-6-8-13(3)12-21/h11,13,21H,4-10,12H2,1-3H3,(H2,17,18,19,20). The average molecular weight is 294 g/mol. The van der Waals surface area contributed by atoms with Gasteiger partial charge in [-0.05, 0) is 31.6 Å². The number of nitrogens with zero attached hydrogens (tertiary/aromatic N) is 2. The van der Waals surface area contributed by atoms with Gasteiger partial charge in [0, 0.05) is 32.2 Å². The molecule has 0 fully saturated rings. The summed E-state index contributed by atoms with van der Waals surface area (Å²) < 4.78 is 0. The molecule has 0 amide bonds. The lowest BCUT2D eigenvalue weighted by Gasteiger charge is -2.12. The molecule has 0 spiro atoms. The van der Waals surface area contributed by atoms with E-state index in [1.807, 2.05) is 6.07 Å². The Morgan fingerprint density at radius 2 is 1.76 bits per heavy atom. The van der Waals surface area contributed by atoms with Crippen LogP contribution in [0.5, 0.6) is 0 Å². The molecule has 1 rings (SSSR count). The molecule has 0 saturated heterocycles. The summed E-state index contributed by atoms with van der Waals surface area (Å²) in [5, 5.41) is 15.7. The average Bonchev–Trinajstić information content (AvgIpc) is 2.49. The molecule has 3 N–H and O–H groups in total. The fraction of sp³-hybridized carbons (Fsp3) is 0.750. The van der Waals surface area contributed by atoms with E-state index in [4.69, 9.17) is 5.11 Å². The minimum atomic E-state index is 0.263. The van der Waals surface area contributed by atoms with Gasteiger partial charge in [0.2, 0.25) is 0 Å². The van der Waals surface area contributed by atoms with Gasteiger partial charge in [-0.25, -0.2) is 9.97 Å². The number of aliphatic hydroxyl groups is 1. The second-order valence-corrected chi connectivity index (χ2v) is 5.59. The van der Waals surface area contributed by atoms with Crippen molar-refractivity contribution in [2.24, 2.45) is 5.92 Å². The molecule has 5 nitrogen and oxygen atoms in total. The molecule has 1 atom stereocenters. The quantitative estimate of drug-likeness (QED) is 0.547. The molecule has 1 aromatic rings. The second-order valence-electron chi connectivity index (χ2n) is 5.59. The number of nitrogens with one attached hydrogen (secondary N) is 2. The monoisotopic (exact) mass is 294 g/mol. The Balaban J connectivity index is 2.55. The van der Waals surface area contributed by atoms with Crippen molar-refractivity contribution in [3.05, 3.63) is 11.9 Å². The molecule has 1 unspecified atom stereocenters. The predicted molar refractivity (Wildman–Crippen MR) is 88.8 cm³/mol. The van der Waals surface area contributed by atoms with Crippen LogP contribution in [0.1, 0.15) is 52.3 Å². The summed E-state index contributed by atoms with van der Waals surface area (Å²) in [6, 6.07) is 1.98. The highest BCUT2D eigenvalue weighted by Gasteiger charge is 2.04. The van der Waals surface area contributed by atoms with E-state index in [9.17, 15) is 0 Å². The van der Waals surface area contributed by atoms with Crippen LogP contribution in [0.2, 0.25) is 0 Å². The molecule has 21 heavy (non-hydrogen) atoms. The minimum Gasteiger partial charge on any atom is -0.396 e. The van der Waals surface area contributed by atoms with Gasteiger partial charge >= 0.3 is 0 Å². The van der Waals surface area contributed by atoms with Crippen molar-refractivity contribution < 1.29 is 5.11 Å². The van der Waals surface area contributed by atoms with Crippen LogP contribution >= 0.6 is 0 Å². The van der Waals surface area contributed by atoms with Gasteiger partial charge in [-0.3, -0.25) is 0 Å². The fourth-order valence-corrected chi connectivity index (χ4v) is 2.02. The van der Waals surface area contributed by atoms with Crippen LogP contribution in [0.15, 0.2) is 6.07 Å². The van der Waals surface area contributed by atoms with Crippen LogP contribution in [0.4, 0.5) is 11.6 Å². The first kappa shape index (κ1) is 17.7. The van der Waals surface area contributed by atoms with Gasteiger partial charge in [-0.15, -0.1) is 0 Å². The third-order valence-corrected chi connectivity index (χ3v) is 3.29. The van der Waals surface area contributed by atoms with Crippen molar-refractivity contribution in [3.8, 4) is 0 Å². The normalized spacial score (nSPS) is 12.2. The zero-order chi connectivity index (χ0) is 15.5. The summed E-state index contributed by atoms with van der Waals surface area (Å²) in [6.07, 6.45) is 5.08. The lowest BCUT2D eigenvalue weighted by molar-refractivity contribution is 0.229. The third-order valence-electron chi connectivity index (χ3n) is 3.29. The Morgan fingerprint density at radius 1 is 1.10 bits per heavy atom. The van der Waals surface area contributed by atoms with Gasteiger partial charge in [0.05, 0.1) is 0 Å². The van der Waals surface area contributed by atoms with E-state index >= 15 is 0 Å². The van der Waals surface area contributed by atoms with Crippen LogP contribution in [0.3, 0.4) is 0 Å². The smallest absolute Gasteiger partial charge is 0.133 e. The van der Waals surface area contributed by atoms with Crippen LogP contribution in [0, 0.1) is 5.92 Å². The number of anilines is 2. The predicted octanol–water partition coefficient (Wildman–Crippen LogP) is 3.07. The highest BCUT2D eigenvalue weighted by atomic mass is 16.3. The van der Waals surface area contributed by atoms with Crippen molar-refractivity contribution in [1.29, 1.82) is 0 Å². The zero-order valence-corrected chi connectivity index (χ0v) is 13.7. The number of hydrogen-bond donors (Lipinski definition) is 3. The van der Waals surface area contributed by atoms with E-state index in [0.717, 1.165) is 62.7 Å². The molecule has 0 aromatic carbocycles. The molecule has 0 aliphatic rings. The summed E-state index contributed by atoms with van der Waals surface area (Å²) in [6.45, 7) is 8.41. The van der Waals surface area contributed by atoms with E-state index in [1.165, 1.54) is 0 Å². The molecule has 1 aromatic heterocycles. The van der Waals surface area contributed by atoms with Gasteiger partial charge < -0.3 is 15.7 Å². The van der Waals surface area contributed by atoms with Gasteiger partial charge in [0.15, 0.2) is 0 Å². The largest absolute Gasteiger partial charge is 0.396 e. The van der Waals surface area contributed by atoms with Crippen LogP contribution in [0.25, 0.3) is 0 Å². The van der Waals surface area contributed by atoms with Gasteiger partial charge in [0.25, 0.3) is 0 Å². The van der Waals surface area contributed by atoms with Crippen LogP contribution < -0.4 is 10.6 Å². The number of aromatic nitrogens is 2. The Morgan fingerprint density at radius 3 is 2.33 bits per heavy atom. The number of rotatable bonds is 11. The van der Waals surface area contributed by atoms with E-state index in [1.54, 1.807) is 0 Å². The van der Waals surface area contributed by atoms with Gasteiger partial charge in [0.1, 0.15) is 17.5 Å². The SMILES string of the molecule is CCCNc1cc(NCCCC(C)CO)nc(CCC)n1. The molecule has 0 aliphatic heterocycles. The number of aliphatic hydroxyl groups excluding tert-OH is 1. The molecular weight excluding hydrogens is 264 g/mol. The van der Waals surface area contributed by atoms with Crippen molar-refractivity contribution in [1.82, 2.24) is 9.97 Å². The summed E-state index contributed by atoms with van der Waals surface area (Å²) in [7, 11) is 0. The lowest BCUT2D eigenvalue weighted by atomic mass is 10.1. The highest BCUT2D eigenvalue weighted by Crippen LogP contribution is 2.13. The number of hydrogen-bond acceptors (Lipinski definition) is 5. The first-order chi connectivity index (χ1) is 10.2. The van der Waals surface area contributed by atoms with E-state index < -0.39 is 0 Å². The van der Waals surface area contributed by atoms with Crippen LogP contribution in [-0.2, 0) is 6.42 Å². The number of aryl methyl sites for hydroxylation is 1. The molecule has 0 saturated carbocycles. The van der Waals surface area contributed by atoms with E-state index in [-0.39, 0.29) is 6.61 Å².